The van der Waals surface area contributed by atoms with Crippen LogP contribution >= 0.6 is 0 Å². The van der Waals surface area contributed by atoms with Crippen LogP contribution in [0.5, 0.6) is 0 Å². The molecule has 0 aromatic carbocycles. The third-order valence-electron chi connectivity index (χ3n) is 4.97. The number of nitrogens with zero attached hydrogens (tertiary/aromatic N) is 2. The second-order valence-electron chi connectivity index (χ2n) is 8.37. The molecule has 16 nitrogen and oxygen atoms in total. The fourth-order valence-corrected chi connectivity index (χ4v) is 2.84. The van der Waals surface area contributed by atoms with Crippen LogP contribution in [0.2, 0.25) is 0 Å². The summed E-state index contributed by atoms with van der Waals surface area (Å²) in [6, 6.07) is -4.79. The van der Waals surface area contributed by atoms with E-state index in [1.54, 1.807) is 13.8 Å². The number of carbonyl (C=O) groups excluding carboxylic acids is 3. The zero-order valence-electron chi connectivity index (χ0n) is 20.6. The molecule has 0 bridgehead atoms. The highest BCUT2D eigenvalue weighted by Gasteiger charge is 2.30. The van der Waals surface area contributed by atoms with Crippen LogP contribution in [-0.2, 0) is 19.2 Å². The lowest BCUT2D eigenvalue weighted by atomic mass is 10.0. The Morgan fingerprint density at radius 1 is 0.750 bits per heavy atom. The molecule has 0 aliphatic carbocycles. The summed E-state index contributed by atoms with van der Waals surface area (Å²) in [5.41, 5.74) is 26.8. The number of rotatable bonds is 17. The number of aliphatic hydroxyl groups excluding tert-OH is 1. The van der Waals surface area contributed by atoms with E-state index >= 15 is 0 Å². The lowest BCUT2D eigenvalue weighted by molar-refractivity contribution is -0.142. The Labute approximate surface area is 209 Å². The average molecular weight is 517 g/mol. The minimum Gasteiger partial charge on any atom is -0.480 e. The number of carboxylic acids is 1. The summed E-state index contributed by atoms with van der Waals surface area (Å²) in [7, 11) is 0. The Kier molecular flexibility index (Phi) is 15.2. The van der Waals surface area contributed by atoms with Gasteiger partial charge in [-0.2, -0.15) is 0 Å². The molecule has 0 saturated heterocycles. The Morgan fingerprint density at radius 2 is 1.17 bits per heavy atom. The van der Waals surface area contributed by atoms with E-state index in [2.05, 4.69) is 25.9 Å². The van der Waals surface area contributed by atoms with Gasteiger partial charge in [0.25, 0.3) is 0 Å². The van der Waals surface area contributed by atoms with Gasteiger partial charge in [-0.25, -0.2) is 4.79 Å². The monoisotopic (exact) mass is 516 g/mol. The van der Waals surface area contributed by atoms with Crippen molar-refractivity contribution in [2.75, 3.05) is 19.7 Å². The lowest BCUT2D eigenvalue weighted by Gasteiger charge is -2.25. The molecule has 0 aliphatic rings. The largest absolute Gasteiger partial charge is 0.480 e. The molecule has 4 atom stereocenters. The number of aliphatic hydroxyl groups is 1. The van der Waals surface area contributed by atoms with Crippen molar-refractivity contribution in [3.05, 3.63) is 0 Å². The van der Waals surface area contributed by atoms with Crippen molar-refractivity contribution >= 4 is 35.6 Å². The van der Waals surface area contributed by atoms with E-state index in [1.807, 2.05) is 0 Å². The summed E-state index contributed by atoms with van der Waals surface area (Å²) in [5, 5.41) is 26.2. The molecule has 3 amide bonds. The maximum absolute atomic E-state index is 12.9. The molecule has 15 N–H and O–H groups in total. The highest BCUT2D eigenvalue weighted by Crippen LogP contribution is 2.05. The molecule has 0 radical (unpaired) electrons. The summed E-state index contributed by atoms with van der Waals surface area (Å²) in [5.74, 6) is -4.11. The lowest BCUT2D eigenvalue weighted by Crippen LogP contribution is -2.58. The molecule has 0 aromatic rings. The molecule has 16 heteroatoms. The van der Waals surface area contributed by atoms with E-state index in [0.717, 1.165) is 0 Å². The molecule has 0 saturated carbocycles. The molecule has 0 heterocycles. The third-order valence-corrected chi connectivity index (χ3v) is 4.97. The van der Waals surface area contributed by atoms with Crippen LogP contribution in [0.25, 0.3) is 0 Å². The summed E-state index contributed by atoms with van der Waals surface area (Å²) < 4.78 is 0. The maximum atomic E-state index is 12.9. The van der Waals surface area contributed by atoms with Crippen LogP contribution in [0.3, 0.4) is 0 Å². The predicted octanol–water partition coefficient (Wildman–Crippen LogP) is -4.39. The molecule has 4 unspecified atom stereocenters. The van der Waals surface area contributed by atoms with Crippen molar-refractivity contribution < 1.29 is 29.4 Å². The first kappa shape index (κ1) is 32.3. The van der Waals surface area contributed by atoms with Crippen LogP contribution in [0.4, 0.5) is 0 Å². The van der Waals surface area contributed by atoms with E-state index < -0.39 is 54.5 Å². The topological polar surface area (TPSA) is 300 Å². The molecule has 0 aromatic heterocycles. The van der Waals surface area contributed by atoms with Gasteiger partial charge in [-0.1, -0.05) is 13.8 Å². The average Bonchev–Trinajstić information content (AvgIpc) is 2.79. The van der Waals surface area contributed by atoms with Crippen LogP contribution in [0.15, 0.2) is 9.98 Å². The van der Waals surface area contributed by atoms with E-state index in [0.29, 0.717) is 0 Å². The van der Waals surface area contributed by atoms with Crippen molar-refractivity contribution in [3.8, 4) is 0 Å². The number of hydrogen-bond acceptors (Lipinski definition) is 8. The molecular formula is C20H40N10O6. The van der Waals surface area contributed by atoms with Gasteiger partial charge in [-0.3, -0.25) is 24.4 Å². The molecule has 36 heavy (non-hydrogen) atoms. The first-order valence-corrected chi connectivity index (χ1v) is 11.4. The van der Waals surface area contributed by atoms with E-state index in [9.17, 15) is 29.4 Å². The number of aliphatic carboxylic acids is 1. The number of carboxylic acid groups (broad SMARTS) is 1. The Balaban J connectivity index is 5.43. The second-order valence-corrected chi connectivity index (χ2v) is 8.37. The van der Waals surface area contributed by atoms with Crippen molar-refractivity contribution in [2.45, 2.75) is 63.7 Å². The SMILES string of the molecule is CC(C)C(N)C(=O)NC(CO)C(=O)NC(CCCN=C(N)N)C(=O)NC(CCCN=C(N)N)C(=O)O. The number of guanidine groups is 2. The Hall–Kier alpha value is -3.66. The van der Waals surface area contributed by atoms with Gasteiger partial charge in [-0.05, 0) is 31.6 Å². The first-order valence-electron chi connectivity index (χ1n) is 11.4. The molecular weight excluding hydrogens is 476 g/mol. The van der Waals surface area contributed by atoms with Gasteiger partial charge in [0, 0.05) is 13.1 Å². The van der Waals surface area contributed by atoms with Gasteiger partial charge in [-0.15, -0.1) is 0 Å². The molecule has 0 fully saturated rings. The van der Waals surface area contributed by atoms with Crippen molar-refractivity contribution in [2.24, 2.45) is 44.6 Å². The van der Waals surface area contributed by atoms with Gasteiger partial charge in [0.2, 0.25) is 17.7 Å². The van der Waals surface area contributed by atoms with Crippen LogP contribution < -0.4 is 44.6 Å². The van der Waals surface area contributed by atoms with E-state index in [-0.39, 0.29) is 56.6 Å². The van der Waals surface area contributed by atoms with Gasteiger partial charge in [0.05, 0.1) is 12.6 Å². The standard InChI is InChI=1S/C20H40N10O6/c1-10(2)14(21)17(34)30-13(9-31)16(33)28-11(5-3-7-26-19(22)23)15(32)29-12(18(35)36)6-4-8-27-20(24)25/h10-14,31H,3-9,21H2,1-2H3,(H,28,33)(H,29,32)(H,30,34)(H,35,36)(H4,22,23,26)(H4,24,25,27). The molecule has 0 aliphatic heterocycles. The van der Waals surface area contributed by atoms with Crippen LogP contribution in [-0.4, -0.2) is 89.7 Å². The molecule has 0 rings (SSSR count). The van der Waals surface area contributed by atoms with Crippen LogP contribution in [0, 0.1) is 5.92 Å². The van der Waals surface area contributed by atoms with Crippen molar-refractivity contribution in [1.82, 2.24) is 16.0 Å². The molecule has 0 spiro atoms. The van der Waals surface area contributed by atoms with Crippen LogP contribution in [0.1, 0.15) is 39.5 Å². The van der Waals surface area contributed by atoms with E-state index in [4.69, 9.17) is 28.7 Å². The Bertz CT molecular complexity index is 796. The zero-order chi connectivity index (χ0) is 27.8. The predicted molar refractivity (Wildman–Crippen MR) is 133 cm³/mol. The summed E-state index contributed by atoms with van der Waals surface area (Å²) >= 11 is 0. The summed E-state index contributed by atoms with van der Waals surface area (Å²) in [6.07, 6.45) is 0.583. The normalized spacial score (nSPS) is 14.0. The number of nitrogens with two attached hydrogens (primary N) is 5. The number of aliphatic imine (C=N–C) groups is 2. The third kappa shape index (κ3) is 13.3. The maximum Gasteiger partial charge on any atom is 0.326 e. The van der Waals surface area contributed by atoms with Crippen molar-refractivity contribution in [1.29, 1.82) is 0 Å². The molecule has 206 valence electrons. The van der Waals surface area contributed by atoms with Gasteiger partial charge < -0.3 is 54.8 Å². The fourth-order valence-electron chi connectivity index (χ4n) is 2.84. The number of nitrogens with one attached hydrogen (secondary N) is 3. The smallest absolute Gasteiger partial charge is 0.326 e. The number of hydrogen-bond donors (Lipinski definition) is 10. The van der Waals surface area contributed by atoms with E-state index in [1.165, 1.54) is 0 Å². The summed E-state index contributed by atoms with van der Waals surface area (Å²) in [4.78, 5) is 57.0. The fraction of sp³-hybridized carbons (Fsp3) is 0.700. The van der Waals surface area contributed by atoms with Gasteiger partial charge in [0.1, 0.15) is 18.1 Å². The minimum absolute atomic E-state index is 0.0228. The minimum atomic E-state index is -1.38. The van der Waals surface area contributed by atoms with Gasteiger partial charge >= 0.3 is 5.97 Å². The summed E-state index contributed by atoms with van der Waals surface area (Å²) in [6.45, 7) is 2.98. The first-order chi connectivity index (χ1) is 16.8. The highest BCUT2D eigenvalue weighted by atomic mass is 16.4. The second kappa shape index (κ2) is 16.9. The highest BCUT2D eigenvalue weighted by molar-refractivity contribution is 5.94. The number of carbonyl (C=O) groups is 4. The van der Waals surface area contributed by atoms with Crippen molar-refractivity contribution in [3.63, 3.8) is 0 Å². The quantitative estimate of drug-likeness (QED) is 0.0500. The zero-order valence-corrected chi connectivity index (χ0v) is 20.6. The Morgan fingerprint density at radius 3 is 1.58 bits per heavy atom. The van der Waals surface area contributed by atoms with Gasteiger partial charge in [0.15, 0.2) is 11.9 Å². The number of amides is 3.